The third-order valence-electron chi connectivity index (χ3n) is 3.66. The van der Waals surface area contributed by atoms with E-state index in [4.69, 9.17) is 19.4 Å². The second-order valence-electron chi connectivity index (χ2n) is 6.35. The molecule has 0 saturated heterocycles. The predicted molar refractivity (Wildman–Crippen MR) is 103 cm³/mol. The van der Waals surface area contributed by atoms with Gasteiger partial charge in [-0.2, -0.15) is 5.10 Å². The minimum absolute atomic E-state index is 0. The standard InChI is InChI=1S/C16H13N2O2.C5H12O2.Ir/c1-11-3-5-12(6-4-11)15-17-18-16(20-15)13-7-9-14(19-2)10-8-13;1-4(6)3-5(2)7;/h3-7,9-10H,1-2H3;4-7H,3H2,1-2H3;/q-1;;. The van der Waals surface area contributed by atoms with Gasteiger partial charge in [0.25, 0.3) is 0 Å². The Kier molecular flexibility index (Phi) is 10.0. The zero-order valence-corrected chi connectivity index (χ0v) is 18.7. The number of rotatable bonds is 5. The summed E-state index contributed by atoms with van der Waals surface area (Å²) in [7, 11) is 1.62. The van der Waals surface area contributed by atoms with Crippen LogP contribution in [-0.2, 0) is 20.1 Å². The number of hydrogen-bond donors (Lipinski definition) is 2. The molecule has 2 aromatic carbocycles. The van der Waals surface area contributed by atoms with Crippen molar-refractivity contribution < 1.29 is 39.5 Å². The van der Waals surface area contributed by atoms with Crippen LogP contribution >= 0.6 is 0 Å². The Labute approximate surface area is 178 Å². The van der Waals surface area contributed by atoms with Gasteiger partial charge in [-0.25, -0.2) is 0 Å². The molecule has 0 aliphatic carbocycles. The van der Waals surface area contributed by atoms with Gasteiger partial charge in [-0.05, 0) is 39.3 Å². The number of nitrogens with zero attached hydrogens (tertiary/aromatic N) is 2. The Hall–Kier alpha value is -2.05. The van der Waals surface area contributed by atoms with Crippen molar-refractivity contribution in [2.75, 3.05) is 7.11 Å². The van der Waals surface area contributed by atoms with Crippen LogP contribution < -0.4 is 4.74 Å². The van der Waals surface area contributed by atoms with E-state index in [9.17, 15) is 0 Å². The van der Waals surface area contributed by atoms with Crippen molar-refractivity contribution in [1.82, 2.24) is 10.2 Å². The molecule has 3 aromatic rings. The van der Waals surface area contributed by atoms with Crippen LogP contribution in [0.1, 0.15) is 25.8 Å². The van der Waals surface area contributed by atoms with E-state index in [0.29, 0.717) is 18.2 Å². The number of methoxy groups -OCH3 is 1. The van der Waals surface area contributed by atoms with E-state index in [1.807, 2.05) is 43.3 Å². The van der Waals surface area contributed by atoms with Gasteiger partial charge in [0.1, 0.15) is 0 Å². The molecule has 28 heavy (non-hydrogen) atoms. The monoisotopic (exact) mass is 562 g/mol. The zero-order valence-electron chi connectivity index (χ0n) is 16.3. The van der Waals surface area contributed by atoms with Crippen LogP contribution in [0.3, 0.4) is 0 Å². The van der Waals surface area contributed by atoms with E-state index in [-0.39, 0.29) is 32.3 Å². The first-order valence-corrected chi connectivity index (χ1v) is 8.71. The summed E-state index contributed by atoms with van der Waals surface area (Å²) in [5.74, 6) is 1.69. The van der Waals surface area contributed by atoms with Crippen LogP contribution in [0.5, 0.6) is 5.75 Å². The van der Waals surface area contributed by atoms with Gasteiger partial charge in [0.2, 0.25) is 5.89 Å². The molecule has 2 N–H and O–H groups in total. The van der Waals surface area contributed by atoms with Gasteiger partial charge < -0.3 is 19.4 Å². The number of aliphatic hydroxyl groups is 2. The maximum absolute atomic E-state index is 8.56. The molecule has 0 aliphatic rings. The molecule has 2 unspecified atom stereocenters. The average molecular weight is 562 g/mol. The Balaban J connectivity index is 0.000000425. The summed E-state index contributed by atoms with van der Waals surface area (Å²) in [6.07, 6.45) is -0.278. The summed E-state index contributed by atoms with van der Waals surface area (Å²) in [4.78, 5) is 0. The number of aliphatic hydroxyl groups excluding tert-OH is 2. The van der Waals surface area contributed by atoms with E-state index in [1.165, 1.54) is 5.56 Å². The molecule has 0 aliphatic heterocycles. The topological polar surface area (TPSA) is 88.6 Å². The fourth-order valence-corrected chi connectivity index (χ4v) is 2.31. The Bertz CT molecular complexity index is 809. The van der Waals surface area contributed by atoms with Crippen LogP contribution in [0.15, 0.2) is 46.9 Å². The summed E-state index contributed by atoms with van der Waals surface area (Å²) >= 11 is 0. The molecule has 0 amide bonds. The summed E-state index contributed by atoms with van der Waals surface area (Å²) in [5.41, 5.74) is 2.84. The van der Waals surface area contributed by atoms with Crippen molar-refractivity contribution in [2.45, 2.75) is 39.4 Å². The molecule has 7 heteroatoms. The second-order valence-corrected chi connectivity index (χ2v) is 6.35. The number of benzene rings is 2. The summed E-state index contributed by atoms with van der Waals surface area (Å²) in [5, 5.41) is 25.2. The molecule has 1 heterocycles. The van der Waals surface area contributed by atoms with Crippen LogP contribution in [0.4, 0.5) is 0 Å². The van der Waals surface area contributed by atoms with Gasteiger partial charge in [-0.3, -0.25) is 0 Å². The average Bonchev–Trinajstić information content (AvgIpc) is 3.12. The van der Waals surface area contributed by atoms with E-state index in [2.05, 4.69) is 16.3 Å². The molecule has 0 saturated carbocycles. The van der Waals surface area contributed by atoms with E-state index < -0.39 is 0 Å². The molecular formula is C21H25IrN2O4-. The molecule has 0 spiro atoms. The number of aromatic nitrogens is 2. The van der Waals surface area contributed by atoms with Gasteiger partial charge in [-0.1, -0.05) is 23.3 Å². The number of hydrogen-bond acceptors (Lipinski definition) is 6. The van der Waals surface area contributed by atoms with Crippen molar-refractivity contribution in [3.8, 4) is 28.7 Å². The number of ether oxygens (including phenoxy) is 1. The molecule has 2 atom stereocenters. The molecule has 1 aromatic heterocycles. The van der Waals surface area contributed by atoms with Crippen LogP contribution in [0.25, 0.3) is 22.9 Å². The molecule has 0 fully saturated rings. The SMILES string of the molecule is CC(O)CC(C)O.COc1c[c-]c(-c2nnc(-c3ccc(C)cc3)o2)cc1.[Ir]. The van der Waals surface area contributed by atoms with E-state index in [1.54, 1.807) is 27.0 Å². The van der Waals surface area contributed by atoms with Crippen LogP contribution in [0, 0.1) is 13.0 Å². The van der Waals surface area contributed by atoms with Gasteiger partial charge >= 0.3 is 0 Å². The quantitative estimate of drug-likeness (QED) is 0.463. The molecule has 3 rings (SSSR count). The van der Waals surface area contributed by atoms with Crippen molar-refractivity contribution in [2.24, 2.45) is 0 Å². The Morgan fingerprint density at radius 2 is 1.61 bits per heavy atom. The van der Waals surface area contributed by atoms with Crippen molar-refractivity contribution in [3.05, 3.63) is 54.1 Å². The zero-order chi connectivity index (χ0) is 19.8. The molecule has 153 valence electrons. The van der Waals surface area contributed by atoms with E-state index >= 15 is 0 Å². The summed E-state index contributed by atoms with van der Waals surface area (Å²) < 4.78 is 10.8. The first-order valence-electron chi connectivity index (χ1n) is 8.71. The maximum Gasteiger partial charge on any atom is 0.237 e. The molecule has 6 nitrogen and oxygen atoms in total. The fourth-order valence-electron chi connectivity index (χ4n) is 2.31. The summed E-state index contributed by atoms with van der Waals surface area (Å²) in [6, 6.07) is 16.4. The molecule has 0 bridgehead atoms. The largest absolute Gasteiger partial charge is 0.540 e. The van der Waals surface area contributed by atoms with Gasteiger partial charge in [0.15, 0.2) is 5.89 Å². The molecular weight excluding hydrogens is 536 g/mol. The van der Waals surface area contributed by atoms with Crippen molar-refractivity contribution in [1.29, 1.82) is 0 Å². The third kappa shape index (κ3) is 7.52. The van der Waals surface area contributed by atoms with Crippen molar-refractivity contribution in [3.63, 3.8) is 0 Å². The van der Waals surface area contributed by atoms with Gasteiger partial charge in [0, 0.05) is 31.4 Å². The smallest absolute Gasteiger partial charge is 0.237 e. The normalized spacial score (nSPS) is 12.2. The first-order chi connectivity index (χ1) is 12.9. The van der Waals surface area contributed by atoms with E-state index in [0.717, 1.165) is 16.9 Å². The maximum atomic E-state index is 8.56. The third-order valence-corrected chi connectivity index (χ3v) is 3.66. The second kappa shape index (κ2) is 11.7. The van der Waals surface area contributed by atoms with Gasteiger partial charge in [-0.15, -0.1) is 29.4 Å². The molecule has 1 radical (unpaired) electrons. The van der Waals surface area contributed by atoms with Crippen molar-refractivity contribution >= 4 is 0 Å². The minimum Gasteiger partial charge on any atom is -0.540 e. The predicted octanol–water partition coefficient (Wildman–Crippen LogP) is 3.66. The Morgan fingerprint density at radius 1 is 1.00 bits per heavy atom. The van der Waals surface area contributed by atoms with Crippen LogP contribution in [0.2, 0.25) is 0 Å². The van der Waals surface area contributed by atoms with Crippen LogP contribution in [-0.4, -0.2) is 39.7 Å². The fraction of sp³-hybridized carbons (Fsp3) is 0.333. The minimum atomic E-state index is -0.375. The number of aryl methyl sites for hydroxylation is 1. The first kappa shape index (κ1) is 24.0. The summed E-state index contributed by atoms with van der Waals surface area (Å²) in [6.45, 7) is 5.36. The van der Waals surface area contributed by atoms with Gasteiger partial charge in [0.05, 0.1) is 19.3 Å². The Morgan fingerprint density at radius 3 is 2.07 bits per heavy atom.